The van der Waals surface area contributed by atoms with E-state index >= 15 is 0 Å². The van der Waals surface area contributed by atoms with E-state index < -0.39 is 0 Å². The van der Waals surface area contributed by atoms with Crippen molar-refractivity contribution >= 4 is 0 Å². The van der Waals surface area contributed by atoms with Gasteiger partial charge in [-0.1, -0.05) is 44.2 Å². The smallest absolute Gasteiger partial charge is 0.115 e. The highest BCUT2D eigenvalue weighted by atomic mass is 16.3. The lowest BCUT2D eigenvalue weighted by Crippen LogP contribution is -2.29. The van der Waals surface area contributed by atoms with Gasteiger partial charge >= 0.3 is 0 Å². The number of hydrogen-bond acceptors (Lipinski definition) is 2. The highest BCUT2D eigenvalue weighted by molar-refractivity contribution is 5.83. The standard InChI is InChI=1S/C21H17NO/c1-21(2)16-9-8-12(23)11-15(16)19-18-13(5-3-7-17(18)21)14-6-4-10-22-20(14)19/h3-11,19,23H,1-2H3. The van der Waals surface area contributed by atoms with E-state index in [9.17, 15) is 5.11 Å². The zero-order valence-corrected chi connectivity index (χ0v) is 13.2. The van der Waals surface area contributed by atoms with Gasteiger partial charge < -0.3 is 5.11 Å². The van der Waals surface area contributed by atoms with Gasteiger partial charge in [-0.15, -0.1) is 0 Å². The third-order valence-electron chi connectivity index (χ3n) is 5.49. The summed E-state index contributed by atoms with van der Waals surface area (Å²) in [4.78, 5) is 4.70. The summed E-state index contributed by atoms with van der Waals surface area (Å²) < 4.78 is 0. The molecule has 0 saturated heterocycles. The van der Waals surface area contributed by atoms with Gasteiger partial charge in [0.15, 0.2) is 0 Å². The minimum atomic E-state index is -0.0765. The molecule has 2 nitrogen and oxygen atoms in total. The van der Waals surface area contributed by atoms with Crippen LogP contribution in [0, 0.1) is 0 Å². The highest BCUT2D eigenvalue weighted by Gasteiger charge is 2.43. The summed E-state index contributed by atoms with van der Waals surface area (Å²) in [6, 6.07) is 16.5. The van der Waals surface area contributed by atoms with Crippen molar-refractivity contribution in [3.63, 3.8) is 0 Å². The highest BCUT2D eigenvalue weighted by Crippen LogP contribution is 2.56. The van der Waals surface area contributed by atoms with Gasteiger partial charge in [-0.05, 0) is 46.0 Å². The van der Waals surface area contributed by atoms with E-state index in [-0.39, 0.29) is 11.3 Å². The maximum absolute atomic E-state index is 10.1. The van der Waals surface area contributed by atoms with Gasteiger partial charge in [0.05, 0.1) is 11.6 Å². The molecule has 1 unspecified atom stereocenters. The van der Waals surface area contributed by atoms with Crippen LogP contribution in [0.4, 0.5) is 0 Å². The normalized spacial score (nSPS) is 19.0. The first-order valence-corrected chi connectivity index (χ1v) is 8.01. The number of pyridine rings is 1. The summed E-state index contributed by atoms with van der Waals surface area (Å²) in [5.41, 5.74) is 8.75. The van der Waals surface area contributed by atoms with E-state index in [1.165, 1.54) is 33.4 Å². The molecule has 0 fully saturated rings. The quantitative estimate of drug-likeness (QED) is 0.515. The van der Waals surface area contributed by atoms with E-state index in [4.69, 9.17) is 4.98 Å². The maximum Gasteiger partial charge on any atom is 0.115 e. The third-order valence-corrected chi connectivity index (χ3v) is 5.49. The van der Waals surface area contributed by atoms with Gasteiger partial charge in [0.2, 0.25) is 0 Å². The molecular formula is C21H17NO. The predicted octanol–water partition coefficient (Wildman–Crippen LogP) is 4.59. The molecule has 1 aromatic heterocycles. The number of aromatic hydroxyl groups is 1. The van der Waals surface area contributed by atoms with Crippen LogP contribution >= 0.6 is 0 Å². The van der Waals surface area contributed by atoms with Crippen LogP contribution in [0.25, 0.3) is 11.1 Å². The van der Waals surface area contributed by atoms with E-state index in [1.54, 1.807) is 6.07 Å². The summed E-state index contributed by atoms with van der Waals surface area (Å²) in [5, 5.41) is 10.1. The molecule has 0 amide bonds. The number of rotatable bonds is 0. The minimum Gasteiger partial charge on any atom is -0.508 e. The van der Waals surface area contributed by atoms with Crippen molar-refractivity contribution < 1.29 is 5.11 Å². The Morgan fingerprint density at radius 3 is 2.65 bits per heavy atom. The van der Waals surface area contributed by atoms with Gasteiger partial charge in [-0.25, -0.2) is 0 Å². The van der Waals surface area contributed by atoms with Crippen molar-refractivity contribution in [1.29, 1.82) is 0 Å². The summed E-state index contributed by atoms with van der Waals surface area (Å²) in [7, 11) is 0. The number of nitrogens with zero attached hydrogens (tertiary/aromatic N) is 1. The number of fused-ring (bicyclic) bond motifs is 5. The van der Waals surface area contributed by atoms with Gasteiger partial charge in [-0.2, -0.15) is 0 Å². The molecule has 1 atom stereocenters. The second-order valence-corrected chi connectivity index (χ2v) is 7.03. The lowest BCUT2D eigenvalue weighted by molar-refractivity contribution is 0.472. The molecule has 1 heterocycles. The van der Waals surface area contributed by atoms with Gasteiger partial charge in [0.25, 0.3) is 0 Å². The molecule has 0 spiro atoms. The fourth-order valence-corrected chi connectivity index (χ4v) is 4.47. The number of hydrogen-bond donors (Lipinski definition) is 1. The van der Waals surface area contributed by atoms with Gasteiger partial charge in [0.1, 0.15) is 5.75 Å². The number of aromatic nitrogens is 1. The summed E-state index contributed by atoms with van der Waals surface area (Å²) in [5.74, 6) is 0.456. The van der Waals surface area contributed by atoms with Gasteiger partial charge in [0, 0.05) is 17.2 Å². The Kier molecular flexibility index (Phi) is 2.25. The van der Waals surface area contributed by atoms with E-state index in [0.717, 1.165) is 5.69 Å². The first kappa shape index (κ1) is 12.9. The van der Waals surface area contributed by atoms with Crippen molar-refractivity contribution in [2.45, 2.75) is 25.2 Å². The van der Waals surface area contributed by atoms with Crippen LogP contribution in [0.1, 0.15) is 47.7 Å². The topological polar surface area (TPSA) is 33.1 Å². The number of phenols is 1. The molecule has 2 aromatic carbocycles. The van der Waals surface area contributed by atoms with Crippen LogP contribution in [-0.4, -0.2) is 10.1 Å². The first-order chi connectivity index (χ1) is 11.1. The second kappa shape index (κ2) is 4.02. The van der Waals surface area contributed by atoms with Crippen molar-refractivity contribution in [1.82, 2.24) is 4.98 Å². The average Bonchev–Trinajstić information content (AvgIpc) is 2.88. The van der Waals surface area contributed by atoms with Gasteiger partial charge in [-0.3, -0.25) is 4.98 Å². The largest absolute Gasteiger partial charge is 0.508 e. The van der Waals surface area contributed by atoms with Crippen LogP contribution in [0.5, 0.6) is 5.75 Å². The fourth-order valence-electron chi connectivity index (χ4n) is 4.47. The molecule has 1 N–H and O–H groups in total. The maximum atomic E-state index is 10.1. The molecule has 2 aliphatic carbocycles. The molecule has 0 saturated carbocycles. The Morgan fingerprint density at radius 2 is 1.78 bits per heavy atom. The van der Waals surface area contributed by atoms with Crippen molar-refractivity contribution in [3.8, 4) is 16.9 Å². The molecule has 112 valence electrons. The molecule has 5 rings (SSSR count). The lowest BCUT2D eigenvalue weighted by Gasteiger charge is -2.38. The van der Waals surface area contributed by atoms with Crippen LogP contribution in [-0.2, 0) is 5.41 Å². The summed E-state index contributed by atoms with van der Waals surface area (Å²) in [6.45, 7) is 4.54. The average molecular weight is 299 g/mol. The molecule has 0 radical (unpaired) electrons. The molecule has 23 heavy (non-hydrogen) atoms. The molecule has 0 aliphatic heterocycles. The predicted molar refractivity (Wildman–Crippen MR) is 90.9 cm³/mol. The van der Waals surface area contributed by atoms with E-state index in [2.05, 4.69) is 44.2 Å². The van der Waals surface area contributed by atoms with Crippen LogP contribution < -0.4 is 0 Å². The first-order valence-electron chi connectivity index (χ1n) is 8.01. The molecule has 0 bridgehead atoms. The molecule has 2 aliphatic rings. The monoisotopic (exact) mass is 299 g/mol. The zero-order chi connectivity index (χ0) is 15.8. The summed E-state index contributed by atoms with van der Waals surface area (Å²) in [6.07, 6.45) is 1.87. The summed E-state index contributed by atoms with van der Waals surface area (Å²) >= 11 is 0. The minimum absolute atomic E-state index is 0.0765. The van der Waals surface area contributed by atoms with Crippen LogP contribution in [0.2, 0.25) is 0 Å². The van der Waals surface area contributed by atoms with Crippen molar-refractivity contribution in [2.24, 2.45) is 0 Å². The van der Waals surface area contributed by atoms with Crippen LogP contribution in [0.15, 0.2) is 54.7 Å². The van der Waals surface area contributed by atoms with Crippen molar-refractivity contribution in [3.05, 3.63) is 82.7 Å². The Labute approximate surface area is 135 Å². The Balaban J connectivity index is 1.96. The second-order valence-electron chi connectivity index (χ2n) is 7.03. The van der Waals surface area contributed by atoms with Crippen molar-refractivity contribution in [2.75, 3.05) is 0 Å². The molecular weight excluding hydrogens is 282 g/mol. The SMILES string of the molecule is CC1(C)c2ccc(O)cc2C2c3ncccc3-c3cccc1c32. The number of phenolic OH excluding ortho intramolecular Hbond substituents is 1. The zero-order valence-electron chi connectivity index (χ0n) is 13.2. The lowest BCUT2D eigenvalue weighted by atomic mass is 9.65. The van der Waals surface area contributed by atoms with Crippen LogP contribution in [0.3, 0.4) is 0 Å². The Bertz CT molecular complexity index is 971. The Morgan fingerprint density at radius 1 is 0.957 bits per heavy atom. The number of benzene rings is 2. The van der Waals surface area contributed by atoms with E-state index in [0.29, 0.717) is 5.75 Å². The third kappa shape index (κ3) is 1.46. The fraction of sp³-hybridized carbons (Fsp3) is 0.190. The van der Waals surface area contributed by atoms with E-state index in [1.807, 2.05) is 18.3 Å². The Hall–Kier alpha value is -2.61. The molecule has 3 aromatic rings. The molecule has 2 heteroatoms.